The Morgan fingerprint density at radius 3 is 2.55 bits per heavy atom. The summed E-state index contributed by atoms with van der Waals surface area (Å²) in [5.41, 5.74) is 6.43. The largest absolute Gasteiger partial charge is 0.507 e. The third-order valence-corrected chi connectivity index (χ3v) is 4.44. The monoisotopic (exact) mass is 268 g/mol. The summed E-state index contributed by atoms with van der Waals surface area (Å²) in [4.78, 5) is 1.53. The van der Waals surface area contributed by atoms with Gasteiger partial charge in [-0.1, -0.05) is 24.3 Å². The second-order valence-corrected chi connectivity index (χ2v) is 5.94. The second kappa shape index (κ2) is 5.29. The van der Waals surface area contributed by atoms with Crippen molar-refractivity contribution in [2.75, 3.05) is 6.54 Å². The number of rotatable bonds is 2. The summed E-state index contributed by atoms with van der Waals surface area (Å²) in [6.45, 7) is 7.26. The molecule has 0 aliphatic carbocycles. The quantitative estimate of drug-likeness (QED) is 0.857. The van der Waals surface area contributed by atoms with Gasteiger partial charge in [0.25, 0.3) is 0 Å². The Bertz CT molecular complexity index is 633. The van der Waals surface area contributed by atoms with Crippen LogP contribution in [0.3, 0.4) is 0 Å². The molecule has 2 aromatic carbocycles. The maximum absolute atomic E-state index is 10.1. The highest BCUT2D eigenvalue weighted by Gasteiger charge is 2.20. The zero-order chi connectivity index (χ0) is 14.1. The predicted octanol–water partition coefficient (Wildman–Crippen LogP) is 2.15. The molecule has 0 saturated carbocycles. The third kappa shape index (κ3) is 2.56. The Balaban J connectivity index is 1.78. The lowest BCUT2D eigenvalue weighted by Crippen LogP contribution is -3.10. The molecule has 0 fully saturated rings. The first-order chi connectivity index (χ1) is 9.63. The van der Waals surface area contributed by atoms with Crippen LogP contribution in [-0.2, 0) is 19.5 Å². The number of aromatic hydroxyl groups is 1. The Labute approximate surface area is 120 Å². The molecule has 0 radical (unpaired) electrons. The number of phenolic OH excluding ortho intramolecular Hbond substituents is 1. The van der Waals surface area contributed by atoms with Gasteiger partial charge in [0.15, 0.2) is 0 Å². The van der Waals surface area contributed by atoms with E-state index in [2.05, 4.69) is 37.3 Å². The molecule has 0 amide bonds. The van der Waals surface area contributed by atoms with Gasteiger partial charge in [0.05, 0.1) is 6.54 Å². The standard InChI is InChI=1S/C18H21NO/c1-13-9-17(18(20)10-14(13)2)12-19-8-7-15-5-3-4-6-16(15)11-19/h3-6,9-10,20H,7-8,11-12H2,1-2H3/p+1. The fraction of sp³-hybridized carbons (Fsp3) is 0.333. The third-order valence-electron chi connectivity index (χ3n) is 4.44. The molecular weight excluding hydrogens is 246 g/mol. The van der Waals surface area contributed by atoms with Gasteiger partial charge in [-0.2, -0.15) is 0 Å². The topological polar surface area (TPSA) is 24.7 Å². The molecule has 1 aliphatic heterocycles. The molecule has 3 rings (SSSR count). The first kappa shape index (κ1) is 13.2. The predicted molar refractivity (Wildman–Crippen MR) is 81.0 cm³/mol. The Morgan fingerprint density at radius 1 is 1.05 bits per heavy atom. The van der Waals surface area contributed by atoms with Gasteiger partial charge in [-0.3, -0.25) is 0 Å². The van der Waals surface area contributed by atoms with E-state index in [-0.39, 0.29) is 0 Å². The van der Waals surface area contributed by atoms with E-state index in [4.69, 9.17) is 0 Å². The highest BCUT2D eigenvalue weighted by atomic mass is 16.3. The van der Waals surface area contributed by atoms with E-state index in [0.29, 0.717) is 5.75 Å². The zero-order valence-electron chi connectivity index (χ0n) is 12.2. The molecule has 2 nitrogen and oxygen atoms in total. The molecule has 104 valence electrons. The first-order valence-corrected chi connectivity index (χ1v) is 7.33. The Hall–Kier alpha value is -1.80. The minimum Gasteiger partial charge on any atom is -0.507 e. The van der Waals surface area contributed by atoms with E-state index in [1.54, 1.807) is 0 Å². The van der Waals surface area contributed by atoms with Gasteiger partial charge in [-0.15, -0.1) is 0 Å². The number of benzene rings is 2. The average Bonchev–Trinajstić information content (AvgIpc) is 2.44. The minimum atomic E-state index is 0.444. The summed E-state index contributed by atoms with van der Waals surface area (Å²) in [5, 5.41) is 10.1. The highest BCUT2D eigenvalue weighted by molar-refractivity contribution is 5.40. The average molecular weight is 268 g/mol. The number of phenols is 1. The lowest BCUT2D eigenvalue weighted by atomic mass is 9.99. The van der Waals surface area contributed by atoms with E-state index in [0.717, 1.165) is 37.2 Å². The molecule has 20 heavy (non-hydrogen) atoms. The SMILES string of the molecule is Cc1cc(O)c(C[NH+]2CCc3ccccc3C2)cc1C. The highest BCUT2D eigenvalue weighted by Crippen LogP contribution is 2.21. The van der Waals surface area contributed by atoms with Crippen molar-refractivity contribution in [3.63, 3.8) is 0 Å². The molecule has 0 bridgehead atoms. The lowest BCUT2D eigenvalue weighted by Gasteiger charge is -2.26. The Morgan fingerprint density at radius 2 is 1.75 bits per heavy atom. The normalized spacial score (nSPS) is 17.8. The fourth-order valence-corrected chi connectivity index (χ4v) is 3.07. The van der Waals surface area contributed by atoms with Crippen LogP contribution in [0.5, 0.6) is 5.75 Å². The lowest BCUT2D eigenvalue weighted by molar-refractivity contribution is -0.929. The van der Waals surface area contributed by atoms with Crippen molar-refractivity contribution in [2.24, 2.45) is 0 Å². The van der Waals surface area contributed by atoms with E-state index >= 15 is 0 Å². The van der Waals surface area contributed by atoms with Crippen LogP contribution in [0.25, 0.3) is 0 Å². The number of fused-ring (bicyclic) bond motifs is 1. The summed E-state index contributed by atoms with van der Waals surface area (Å²) in [7, 11) is 0. The first-order valence-electron chi connectivity index (χ1n) is 7.33. The fourth-order valence-electron chi connectivity index (χ4n) is 3.07. The molecule has 1 heterocycles. The van der Waals surface area contributed by atoms with Crippen LogP contribution in [0.4, 0.5) is 0 Å². The van der Waals surface area contributed by atoms with Gasteiger partial charge in [0.2, 0.25) is 0 Å². The molecule has 0 aromatic heterocycles. The summed E-state index contributed by atoms with van der Waals surface area (Å²) < 4.78 is 0. The molecule has 0 saturated heterocycles. The van der Waals surface area contributed by atoms with E-state index < -0.39 is 0 Å². The smallest absolute Gasteiger partial charge is 0.124 e. The van der Waals surface area contributed by atoms with Gasteiger partial charge in [0.1, 0.15) is 18.8 Å². The summed E-state index contributed by atoms with van der Waals surface area (Å²) >= 11 is 0. The van der Waals surface area contributed by atoms with E-state index in [9.17, 15) is 5.11 Å². The molecule has 1 atom stereocenters. The molecule has 1 unspecified atom stereocenters. The molecule has 1 aliphatic rings. The summed E-state index contributed by atoms with van der Waals surface area (Å²) in [6, 6.07) is 12.7. The van der Waals surface area contributed by atoms with Crippen molar-refractivity contribution in [1.82, 2.24) is 0 Å². The summed E-state index contributed by atoms with van der Waals surface area (Å²) in [5.74, 6) is 0.444. The van der Waals surface area contributed by atoms with Crippen molar-refractivity contribution >= 4 is 0 Å². The molecule has 2 heteroatoms. The van der Waals surface area contributed by atoms with Crippen LogP contribution in [0.15, 0.2) is 36.4 Å². The van der Waals surface area contributed by atoms with E-state index in [1.165, 1.54) is 21.6 Å². The van der Waals surface area contributed by atoms with Crippen LogP contribution in [-0.4, -0.2) is 11.7 Å². The number of aryl methyl sites for hydroxylation is 2. The van der Waals surface area contributed by atoms with E-state index in [1.807, 2.05) is 13.0 Å². The molecule has 0 spiro atoms. The molecule has 2 N–H and O–H groups in total. The van der Waals surface area contributed by atoms with Crippen molar-refractivity contribution < 1.29 is 10.0 Å². The van der Waals surface area contributed by atoms with Gasteiger partial charge in [-0.05, 0) is 42.7 Å². The van der Waals surface area contributed by atoms with Gasteiger partial charge < -0.3 is 10.0 Å². The van der Waals surface area contributed by atoms with Crippen LogP contribution in [0, 0.1) is 13.8 Å². The zero-order valence-corrected chi connectivity index (χ0v) is 12.2. The van der Waals surface area contributed by atoms with Crippen molar-refractivity contribution in [3.05, 3.63) is 64.2 Å². The van der Waals surface area contributed by atoms with Crippen molar-refractivity contribution in [1.29, 1.82) is 0 Å². The number of hydrogen-bond donors (Lipinski definition) is 2. The molecule has 2 aromatic rings. The van der Waals surface area contributed by atoms with Crippen LogP contribution < -0.4 is 4.90 Å². The van der Waals surface area contributed by atoms with Crippen LogP contribution in [0.2, 0.25) is 0 Å². The van der Waals surface area contributed by atoms with Crippen molar-refractivity contribution in [2.45, 2.75) is 33.4 Å². The maximum atomic E-state index is 10.1. The number of quaternary nitrogens is 1. The maximum Gasteiger partial charge on any atom is 0.124 e. The van der Waals surface area contributed by atoms with Gasteiger partial charge in [-0.25, -0.2) is 0 Å². The van der Waals surface area contributed by atoms with Gasteiger partial charge >= 0.3 is 0 Å². The molecular formula is C18H22NO+. The van der Waals surface area contributed by atoms with Gasteiger partial charge in [0, 0.05) is 17.5 Å². The number of nitrogens with one attached hydrogen (secondary N) is 1. The van der Waals surface area contributed by atoms with Crippen LogP contribution in [0.1, 0.15) is 27.8 Å². The minimum absolute atomic E-state index is 0.444. The second-order valence-electron chi connectivity index (χ2n) is 5.94. The van der Waals surface area contributed by atoms with Crippen LogP contribution >= 0.6 is 0 Å². The van der Waals surface area contributed by atoms with Crippen molar-refractivity contribution in [3.8, 4) is 5.75 Å². The number of hydrogen-bond acceptors (Lipinski definition) is 1. The Kier molecular flexibility index (Phi) is 3.49. The summed E-state index contributed by atoms with van der Waals surface area (Å²) in [6.07, 6.45) is 1.14.